The van der Waals surface area contributed by atoms with Gasteiger partial charge in [0.05, 0.1) is 0 Å². The number of nitrogens with zero attached hydrogens (tertiary/aromatic N) is 1. The van der Waals surface area contributed by atoms with Crippen molar-refractivity contribution in [2.75, 3.05) is 17.2 Å². The van der Waals surface area contributed by atoms with Crippen LogP contribution >= 0.6 is 0 Å². The first-order valence-electron chi connectivity index (χ1n) is 8.79. The summed E-state index contributed by atoms with van der Waals surface area (Å²) in [5.41, 5.74) is 3.87. The molecule has 0 saturated carbocycles. The number of urea groups is 1. The number of hydrogen-bond donors (Lipinski definition) is 3. The van der Waals surface area contributed by atoms with Crippen LogP contribution < -0.4 is 16.0 Å². The number of hydrogen-bond acceptors (Lipinski definition) is 3. The van der Waals surface area contributed by atoms with Crippen molar-refractivity contribution >= 4 is 34.2 Å². The molecule has 0 atom stereocenters. The standard InChI is InChI=1S/C21H22N4O2/c1-4-22-21(27)25-20-11-17-9-16(8-13(2)19(17)12-23-20)15-6-5-7-18(10-15)24-14(3)26/h5-12H,4H2,1-3H3,(H,24,26)(H2,22,23,25,27). The summed E-state index contributed by atoms with van der Waals surface area (Å²) in [5, 5.41) is 10.2. The molecule has 3 N–H and O–H groups in total. The van der Waals surface area contributed by atoms with E-state index in [4.69, 9.17) is 0 Å². The minimum absolute atomic E-state index is 0.103. The van der Waals surface area contributed by atoms with E-state index in [1.165, 1.54) is 6.92 Å². The van der Waals surface area contributed by atoms with Crippen LogP contribution in [0.4, 0.5) is 16.3 Å². The third-order valence-corrected chi connectivity index (χ3v) is 4.14. The molecule has 2 aromatic carbocycles. The predicted molar refractivity (Wildman–Crippen MR) is 109 cm³/mol. The average molecular weight is 362 g/mol. The van der Waals surface area contributed by atoms with Crippen LogP contribution in [0, 0.1) is 6.92 Å². The van der Waals surface area contributed by atoms with Gasteiger partial charge in [0, 0.05) is 30.7 Å². The maximum atomic E-state index is 11.7. The van der Waals surface area contributed by atoms with E-state index in [-0.39, 0.29) is 11.9 Å². The van der Waals surface area contributed by atoms with Crippen LogP contribution in [0.25, 0.3) is 21.9 Å². The van der Waals surface area contributed by atoms with Gasteiger partial charge in [-0.3, -0.25) is 10.1 Å². The zero-order chi connectivity index (χ0) is 19.4. The molecule has 0 bridgehead atoms. The van der Waals surface area contributed by atoms with E-state index in [1.807, 2.05) is 44.2 Å². The summed E-state index contributed by atoms with van der Waals surface area (Å²) in [4.78, 5) is 27.4. The number of carbonyl (C=O) groups excluding carboxylic acids is 2. The third-order valence-electron chi connectivity index (χ3n) is 4.14. The van der Waals surface area contributed by atoms with Gasteiger partial charge in [-0.2, -0.15) is 0 Å². The minimum atomic E-state index is -0.278. The van der Waals surface area contributed by atoms with Crippen molar-refractivity contribution < 1.29 is 9.59 Å². The van der Waals surface area contributed by atoms with Gasteiger partial charge < -0.3 is 10.6 Å². The average Bonchev–Trinajstić information content (AvgIpc) is 2.61. The van der Waals surface area contributed by atoms with Crippen molar-refractivity contribution in [3.05, 3.63) is 54.2 Å². The molecule has 6 heteroatoms. The summed E-state index contributed by atoms with van der Waals surface area (Å²) in [6.45, 7) is 5.93. The van der Waals surface area contributed by atoms with Crippen molar-refractivity contribution in [2.24, 2.45) is 0 Å². The summed E-state index contributed by atoms with van der Waals surface area (Å²) in [6, 6.07) is 13.4. The summed E-state index contributed by atoms with van der Waals surface area (Å²) < 4.78 is 0. The Labute approximate surface area is 158 Å². The lowest BCUT2D eigenvalue weighted by Crippen LogP contribution is -2.28. The van der Waals surface area contributed by atoms with Gasteiger partial charge in [0.2, 0.25) is 5.91 Å². The smallest absolute Gasteiger partial charge is 0.320 e. The summed E-state index contributed by atoms with van der Waals surface area (Å²) >= 11 is 0. The highest BCUT2D eigenvalue weighted by molar-refractivity contribution is 5.95. The van der Waals surface area contributed by atoms with Crippen LogP contribution in [0.1, 0.15) is 19.4 Å². The lowest BCUT2D eigenvalue weighted by molar-refractivity contribution is -0.114. The van der Waals surface area contributed by atoms with Gasteiger partial charge >= 0.3 is 6.03 Å². The Hall–Kier alpha value is -3.41. The first-order chi connectivity index (χ1) is 13.0. The maximum Gasteiger partial charge on any atom is 0.320 e. The lowest BCUT2D eigenvalue weighted by atomic mass is 9.98. The zero-order valence-electron chi connectivity index (χ0n) is 15.6. The van der Waals surface area contributed by atoms with E-state index in [0.717, 1.165) is 33.2 Å². The fourth-order valence-corrected chi connectivity index (χ4v) is 2.98. The van der Waals surface area contributed by atoms with Crippen molar-refractivity contribution in [1.29, 1.82) is 0 Å². The van der Waals surface area contributed by atoms with Crippen LogP contribution in [-0.4, -0.2) is 23.5 Å². The Morgan fingerprint density at radius 2 is 1.85 bits per heavy atom. The van der Waals surface area contributed by atoms with E-state index >= 15 is 0 Å². The molecular formula is C21H22N4O2. The van der Waals surface area contributed by atoms with Crippen molar-refractivity contribution in [2.45, 2.75) is 20.8 Å². The Morgan fingerprint density at radius 3 is 2.59 bits per heavy atom. The van der Waals surface area contributed by atoms with Crippen LogP contribution in [0.5, 0.6) is 0 Å². The van der Waals surface area contributed by atoms with Crippen LogP contribution in [0.3, 0.4) is 0 Å². The van der Waals surface area contributed by atoms with Gasteiger partial charge in [-0.25, -0.2) is 9.78 Å². The molecule has 1 aromatic heterocycles. The Kier molecular flexibility index (Phi) is 5.35. The van der Waals surface area contributed by atoms with E-state index in [1.54, 1.807) is 6.20 Å². The number of aromatic nitrogens is 1. The molecule has 3 rings (SSSR count). The van der Waals surface area contributed by atoms with Gasteiger partial charge in [-0.1, -0.05) is 18.2 Å². The molecule has 0 aliphatic carbocycles. The molecule has 3 aromatic rings. The molecule has 3 amide bonds. The van der Waals surface area contributed by atoms with Crippen molar-refractivity contribution in [3.8, 4) is 11.1 Å². The molecule has 0 spiro atoms. The van der Waals surface area contributed by atoms with E-state index in [9.17, 15) is 9.59 Å². The lowest BCUT2D eigenvalue weighted by Gasteiger charge is -2.11. The number of benzene rings is 2. The molecule has 0 radical (unpaired) electrons. The van der Waals surface area contributed by atoms with Gasteiger partial charge in [0.25, 0.3) is 0 Å². The highest BCUT2D eigenvalue weighted by Crippen LogP contribution is 2.29. The SMILES string of the molecule is CCNC(=O)Nc1cc2cc(-c3cccc(NC(C)=O)c3)cc(C)c2cn1. The van der Waals surface area contributed by atoms with Gasteiger partial charge in [0.1, 0.15) is 5.82 Å². The number of anilines is 2. The highest BCUT2D eigenvalue weighted by atomic mass is 16.2. The molecule has 1 heterocycles. The second-order valence-corrected chi connectivity index (χ2v) is 6.33. The topological polar surface area (TPSA) is 83.1 Å². The second kappa shape index (κ2) is 7.86. The molecular weight excluding hydrogens is 340 g/mol. The van der Waals surface area contributed by atoms with E-state index in [0.29, 0.717) is 12.4 Å². The molecule has 0 fully saturated rings. The molecule has 27 heavy (non-hydrogen) atoms. The Morgan fingerprint density at radius 1 is 1.04 bits per heavy atom. The summed E-state index contributed by atoms with van der Waals surface area (Å²) in [7, 11) is 0. The molecule has 0 unspecified atom stereocenters. The Balaban J connectivity index is 1.99. The molecule has 6 nitrogen and oxygen atoms in total. The zero-order valence-corrected chi connectivity index (χ0v) is 15.6. The number of pyridine rings is 1. The van der Waals surface area contributed by atoms with Gasteiger partial charge in [-0.15, -0.1) is 0 Å². The number of nitrogens with one attached hydrogen (secondary N) is 3. The third kappa shape index (κ3) is 4.41. The molecule has 0 saturated heterocycles. The fourth-order valence-electron chi connectivity index (χ4n) is 2.98. The predicted octanol–water partition coefficient (Wildman–Crippen LogP) is 4.31. The Bertz CT molecular complexity index is 1010. The highest BCUT2D eigenvalue weighted by Gasteiger charge is 2.08. The molecule has 0 aliphatic rings. The number of amides is 3. The molecule has 138 valence electrons. The van der Waals surface area contributed by atoms with Crippen molar-refractivity contribution in [3.63, 3.8) is 0 Å². The first kappa shape index (κ1) is 18.4. The van der Waals surface area contributed by atoms with E-state index in [2.05, 4.69) is 33.1 Å². The van der Waals surface area contributed by atoms with Gasteiger partial charge in [-0.05, 0) is 60.2 Å². The largest absolute Gasteiger partial charge is 0.338 e. The van der Waals surface area contributed by atoms with E-state index < -0.39 is 0 Å². The number of fused-ring (bicyclic) bond motifs is 1. The van der Waals surface area contributed by atoms with Crippen molar-refractivity contribution in [1.82, 2.24) is 10.3 Å². The van der Waals surface area contributed by atoms with Crippen LogP contribution in [0.2, 0.25) is 0 Å². The second-order valence-electron chi connectivity index (χ2n) is 6.33. The summed E-state index contributed by atoms with van der Waals surface area (Å²) in [5.74, 6) is 0.394. The monoisotopic (exact) mass is 362 g/mol. The fraction of sp³-hybridized carbons (Fsp3) is 0.190. The van der Waals surface area contributed by atoms with Crippen LogP contribution in [0.15, 0.2) is 48.7 Å². The normalized spacial score (nSPS) is 10.5. The van der Waals surface area contributed by atoms with Crippen LogP contribution in [-0.2, 0) is 4.79 Å². The van der Waals surface area contributed by atoms with Gasteiger partial charge in [0.15, 0.2) is 0 Å². The quantitative estimate of drug-likeness (QED) is 0.647. The summed E-state index contributed by atoms with van der Waals surface area (Å²) in [6.07, 6.45) is 1.77. The number of rotatable bonds is 4. The minimum Gasteiger partial charge on any atom is -0.338 e. The number of carbonyl (C=O) groups is 2. The maximum absolute atomic E-state index is 11.7. The molecule has 0 aliphatic heterocycles. The first-order valence-corrected chi connectivity index (χ1v) is 8.79. The number of aryl methyl sites for hydroxylation is 1.